The second kappa shape index (κ2) is 6.20. The van der Waals surface area contributed by atoms with Crippen molar-refractivity contribution in [1.82, 2.24) is 5.32 Å². The highest BCUT2D eigenvalue weighted by Gasteiger charge is 2.24. The SMILES string of the molecule is C=CCCCC(CC1CC1)NCC. The molecule has 1 N–H and O–H groups in total. The van der Waals surface area contributed by atoms with Crippen LogP contribution in [0, 0.1) is 5.92 Å². The van der Waals surface area contributed by atoms with Crippen LogP contribution in [0.15, 0.2) is 12.7 Å². The molecule has 13 heavy (non-hydrogen) atoms. The second-order valence-electron chi connectivity index (χ2n) is 4.15. The molecule has 1 unspecified atom stereocenters. The quantitative estimate of drug-likeness (QED) is 0.448. The molecular weight excluding hydrogens is 158 g/mol. The first-order valence-electron chi connectivity index (χ1n) is 5.71. The Labute approximate surface area is 82.6 Å². The Morgan fingerprint density at radius 1 is 1.54 bits per heavy atom. The van der Waals surface area contributed by atoms with Gasteiger partial charge >= 0.3 is 0 Å². The van der Waals surface area contributed by atoms with Gasteiger partial charge in [0.15, 0.2) is 0 Å². The second-order valence-corrected chi connectivity index (χ2v) is 4.15. The highest BCUT2D eigenvalue weighted by molar-refractivity contribution is 4.80. The van der Waals surface area contributed by atoms with Crippen molar-refractivity contribution in [3.63, 3.8) is 0 Å². The lowest BCUT2D eigenvalue weighted by molar-refractivity contribution is 0.433. The van der Waals surface area contributed by atoms with Gasteiger partial charge in [0.2, 0.25) is 0 Å². The van der Waals surface area contributed by atoms with Crippen LogP contribution in [0.2, 0.25) is 0 Å². The third kappa shape index (κ3) is 5.09. The van der Waals surface area contributed by atoms with Crippen LogP contribution >= 0.6 is 0 Å². The Morgan fingerprint density at radius 2 is 2.31 bits per heavy atom. The van der Waals surface area contributed by atoms with Crippen LogP contribution in [0.4, 0.5) is 0 Å². The van der Waals surface area contributed by atoms with Gasteiger partial charge in [-0.1, -0.05) is 25.8 Å². The van der Waals surface area contributed by atoms with Crippen LogP contribution in [-0.4, -0.2) is 12.6 Å². The summed E-state index contributed by atoms with van der Waals surface area (Å²) in [6.45, 7) is 7.07. The van der Waals surface area contributed by atoms with Gasteiger partial charge in [-0.25, -0.2) is 0 Å². The molecule has 0 saturated heterocycles. The van der Waals surface area contributed by atoms with Gasteiger partial charge < -0.3 is 5.32 Å². The van der Waals surface area contributed by atoms with Gasteiger partial charge in [-0.3, -0.25) is 0 Å². The number of hydrogen-bond acceptors (Lipinski definition) is 1. The largest absolute Gasteiger partial charge is 0.314 e. The zero-order chi connectivity index (χ0) is 9.52. The van der Waals surface area contributed by atoms with Crippen LogP contribution in [-0.2, 0) is 0 Å². The van der Waals surface area contributed by atoms with E-state index in [1.54, 1.807) is 0 Å². The molecule has 1 rings (SSSR count). The smallest absolute Gasteiger partial charge is 0.00696 e. The topological polar surface area (TPSA) is 12.0 Å². The van der Waals surface area contributed by atoms with E-state index in [9.17, 15) is 0 Å². The van der Waals surface area contributed by atoms with Crippen LogP contribution < -0.4 is 5.32 Å². The van der Waals surface area contributed by atoms with Crippen molar-refractivity contribution in [2.24, 2.45) is 5.92 Å². The fourth-order valence-corrected chi connectivity index (χ4v) is 1.86. The monoisotopic (exact) mass is 181 g/mol. The molecule has 0 aliphatic heterocycles. The van der Waals surface area contributed by atoms with E-state index >= 15 is 0 Å². The highest BCUT2D eigenvalue weighted by atomic mass is 14.9. The van der Waals surface area contributed by atoms with Crippen molar-refractivity contribution >= 4 is 0 Å². The third-order valence-electron chi connectivity index (χ3n) is 2.77. The molecule has 1 fully saturated rings. The molecule has 0 aromatic heterocycles. The van der Waals surface area contributed by atoms with Crippen LogP contribution in [0.3, 0.4) is 0 Å². The molecular formula is C12H23N. The zero-order valence-corrected chi connectivity index (χ0v) is 8.89. The predicted molar refractivity (Wildman–Crippen MR) is 58.9 cm³/mol. The molecule has 76 valence electrons. The minimum atomic E-state index is 0.775. The van der Waals surface area contributed by atoms with Crippen LogP contribution in [0.5, 0.6) is 0 Å². The van der Waals surface area contributed by atoms with Crippen molar-refractivity contribution in [2.45, 2.75) is 51.5 Å². The molecule has 0 aromatic carbocycles. The first kappa shape index (κ1) is 10.8. The average molecular weight is 181 g/mol. The molecule has 0 heterocycles. The average Bonchev–Trinajstić information content (AvgIpc) is 2.89. The first-order chi connectivity index (χ1) is 6.36. The van der Waals surface area contributed by atoms with Gasteiger partial charge in [0.1, 0.15) is 0 Å². The van der Waals surface area contributed by atoms with Gasteiger partial charge in [0.25, 0.3) is 0 Å². The first-order valence-corrected chi connectivity index (χ1v) is 5.71. The van der Waals surface area contributed by atoms with Crippen LogP contribution in [0.25, 0.3) is 0 Å². The normalized spacial score (nSPS) is 18.5. The summed E-state index contributed by atoms with van der Waals surface area (Å²) in [6.07, 6.45) is 10.2. The van der Waals surface area contributed by atoms with E-state index in [0.29, 0.717) is 0 Å². The maximum atomic E-state index is 3.76. The fraction of sp³-hybridized carbons (Fsp3) is 0.833. The van der Waals surface area contributed by atoms with E-state index < -0.39 is 0 Å². The third-order valence-corrected chi connectivity index (χ3v) is 2.77. The molecule has 0 amide bonds. The van der Waals surface area contributed by atoms with Gasteiger partial charge in [-0.05, 0) is 38.1 Å². The Hall–Kier alpha value is -0.300. The Bertz CT molecular complexity index is 138. The van der Waals surface area contributed by atoms with E-state index in [4.69, 9.17) is 0 Å². The summed E-state index contributed by atoms with van der Waals surface area (Å²) in [6, 6.07) is 0.775. The molecule has 1 nitrogen and oxygen atoms in total. The molecule has 0 spiro atoms. The standard InChI is InChI=1S/C12H23N/c1-3-5-6-7-12(13-4-2)10-11-8-9-11/h3,11-13H,1,4-10H2,2H3. The maximum absolute atomic E-state index is 3.76. The van der Waals surface area contributed by atoms with Gasteiger partial charge in [0, 0.05) is 6.04 Å². The Balaban J connectivity index is 2.07. The van der Waals surface area contributed by atoms with Gasteiger partial charge in [-0.15, -0.1) is 6.58 Å². The van der Waals surface area contributed by atoms with Crippen molar-refractivity contribution in [2.75, 3.05) is 6.54 Å². The molecule has 1 saturated carbocycles. The summed E-state index contributed by atoms with van der Waals surface area (Å²) in [4.78, 5) is 0. The molecule has 1 heteroatoms. The van der Waals surface area contributed by atoms with Crippen molar-refractivity contribution < 1.29 is 0 Å². The summed E-state index contributed by atoms with van der Waals surface area (Å²) in [5, 5.41) is 3.58. The molecule has 1 aliphatic carbocycles. The van der Waals surface area contributed by atoms with E-state index in [-0.39, 0.29) is 0 Å². The van der Waals surface area contributed by atoms with Crippen molar-refractivity contribution in [1.29, 1.82) is 0 Å². The molecule has 1 aliphatic rings. The van der Waals surface area contributed by atoms with Crippen molar-refractivity contribution in [3.05, 3.63) is 12.7 Å². The predicted octanol–water partition coefficient (Wildman–Crippen LogP) is 3.12. The molecule has 1 atom stereocenters. The summed E-state index contributed by atoms with van der Waals surface area (Å²) in [5.41, 5.74) is 0. The van der Waals surface area contributed by atoms with E-state index in [0.717, 1.165) is 18.5 Å². The fourth-order valence-electron chi connectivity index (χ4n) is 1.86. The number of rotatable bonds is 8. The lowest BCUT2D eigenvalue weighted by Crippen LogP contribution is -2.29. The summed E-state index contributed by atoms with van der Waals surface area (Å²) >= 11 is 0. The minimum Gasteiger partial charge on any atom is -0.314 e. The Morgan fingerprint density at radius 3 is 2.85 bits per heavy atom. The van der Waals surface area contributed by atoms with Gasteiger partial charge in [-0.2, -0.15) is 0 Å². The lowest BCUT2D eigenvalue weighted by atomic mass is 10.0. The summed E-state index contributed by atoms with van der Waals surface area (Å²) < 4.78 is 0. The maximum Gasteiger partial charge on any atom is 0.00696 e. The summed E-state index contributed by atoms with van der Waals surface area (Å²) in [5.74, 6) is 1.05. The van der Waals surface area contributed by atoms with E-state index in [1.165, 1.54) is 38.5 Å². The lowest BCUT2D eigenvalue weighted by Gasteiger charge is -2.16. The zero-order valence-electron chi connectivity index (χ0n) is 8.89. The number of nitrogens with one attached hydrogen (secondary N) is 1. The van der Waals surface area contributed by atoms with Crippen LogP contribution in [0.1, 0.15) is 45.4 Å². The van der Waals surface area contributed by atoms with Gasteiger partial charge in [0.05, 0.1) is 0 Å². The highest BCUT2D eigenvalue weighted by Crippen LogP contribution is 2.34. The number of unbranched alkanes of at least 4 members (excludes halogenated alkanes) is 1. The molecule has 0 radical (unpaired) electrons. The van der Waals surface area contributed by atoms with E-state index in [2.05, 4.69) is 18.8 Å². The minimum absolute atomic E-state index is 0.775. The van der Waals surface area contributed by atoms with Crippen molar-refractivity contribution in [3.8, 4) is 0 Å². The summed E-state index contributed by atoms with van der Waals surface area (Å²) in [7, 11) is 0. The van der Waals surface area contributed by atoms with E-state index in [1.807, 2.05) is 6.08 Å². The Kier molecular flexibility index (Phi) is 5.14. The number of hydrogen-bond donors (Lipinski definition) is 1. The number of allylic oxidation sites excluding steroid dienone is 1. The molecule has 0 bridgehead atoms. The molecule has 0 aromatic rings.